The maximum absolute atomic E-state index is 12.3. The van der Waals surface area contributed by atoms with Crippen molar-refractivity contribution in [2.24, 2.45) is 0 Å². The first kappa shape index (κ1) is 16.4. The van der Waals surface area contributed by atoms with Crippen LogP contribution in [0.4, 0.5) is 0 Å². The monoisotopic (exact) mass is 345 g/mol. The molecule has 1 aromatic carbocycles. The number of hydrogen-bond acceptors (Lipinski definition) is 4. The molecule has 0 aliphatic carbocycles. The minimum atomic E-state index is -3.63. The Balaban J connectivity index is 1.70. The van der Waals surface area contributed by atoms with Gasteiger partial charge in [0.1, 0.15) is 5.82 Å². The molecule has 2 heterocycles. The Bertz CT molecular complexity index is 913. The molecule has 0 aliphatic heterocycles. The second-order valence-electron chi connectivity index (χ2n) is 5.74. The number of benzene rings is 1. The third-order valence-electron chi connectivity index (χ3n) is 3.53. The molecule has 0 aliphatic rings. The van der Waals surface area contributed by atoms with Gasteiger partial charge in [0.15, 0.2) is 5.03 Å². The number of H-pyrrole nitrogens is 1. The largest absolute Gasteiger partial charge is 0.332 e. The van der Waals surface area contributed by atoms with Crippen molar-refractivity contribution in [2.45, 2.75) is 31.3 Å². The van der Waals surface area contributed by atoms with Gasteiger partial charge in [0.05, 0.1) is 18.1 Å². The molecular weight excluding hydrogens is 326 g/mol. The molecule has 3 rings (SSSR count). The van der Waals surface area contributed by atoms with Crippen molar-refractivity contribution in [3.63, 3.8) is 0 Å². The highest BCUT2D eigenvalue weighted by molar-refractivity contribution is 7.89. The van der Waals surface area contributed by atoms with Crippen LogP contribution in [0, 0.1) is 0 Å². The lowest BCUT2D eigenvalue weighted by Gasteiger charge is -2.03. The standard InChI is InChI=1S/C16H19N5O2S/c1-12(2)16-17-10-15(20-16)24(22,23)19-9-13-8-18-21(11-13)14-6-4-3-5-7-14/h3-8,10-12,19H,9H2,1-2H3,(H,17,20). The molecule has 0 saturated carbocycles. The highest BCUT2D eigenvalue weighted by Gasteiger charge is 2.18. The average Bonchev–Trinajstić information content (AvgIpc) is 3.24. The number of nitrogens with one attached hydrogen (secondary N) is 2. The fraction of sp³-hybridized carbons (Fsp3) is 0.250. The van der Waals surface area contributed by atoms with Crippen LogP contribution in [0.3, 0.4) is 0 Å². The van der Waals surface area contributed by atoms with E-state index in [1.165, 1.54) is 6.20 Å². The molecule has 0 atom stereocenters. The predicted octanol–water partition coefficient (Wildman–Crippen LogP) is 2.20. The van der Waals surface area contributed by atoms with Crippen LogP contribution in [0.25, 0.3) is 5.69 Å². The highest BCUT2D eigenvalue weighted by atomic mass is 32.2. The second-order valence-corrected chi connectivity index (χ2v) is 7.48. The molecule has 0 saturated heterocycles. The Hall–Kier alpha value is -2.45. The summed E-state index contributed by atoms with van der Waals surface area (Å²) in [5.74, 6) is 0.783. The molecule has 2 aromatic heterocycles. The van der Waals surface area contributed by atoms with Crippen molar-refractivity contribution < 1.29 is 8.42 Å². The number of aromatic nitrogens is 4. The van der Waals surface area contributed by atoms with Gasteiger partial charge in [0, 0.05) is 24.2 Å². The smallest absolute Gasteiger partial charge is 0.257 e. The molecule has 0 unspecified atom stereocenters. The first-order valence-corrected chi connectivity index (χ1v) is 9.07. The fourth-order valence-electron chi connectivity index (χ4n) is 2.18. The number of para-hydroxylation sites is 1. The van der Waals surface area contributed by atoms with Crippen LogP contribution in [-0.2, 0) is 16.6 Å². The maximum Gasteiger partial charge on any atom is 0.257 e. The Labute approximate surface area is 140 Å². The van der Waals surface area contributed by atoms with E-state index in [2.05, 4.69) is 19.8 Å². The third-order valence-corrected chi connectivity index (χ3v) is 4.84. The molecule has 0 radical (unpaired) electrons. The summed E-state index contributed by atoms with van der Waals surface area (Å²) in [4.78, 5) is 6.93. The molecule has 3 aromatic rings. The van der Waals surface area contributed by atoms with E-state index >= 15 is 0 Å². The second kappa shape index (κ2) is 6.58. The Morgan fingerprint density at radius 1 is 1.21 bits per heavy atom. The average molecular weight is 345 g/mol. The number of rotatable bonds is 6. The number of nitrogens with zero attached hydrogens (tertiary/aromatic N) is 3. The molecule has 0 fully saturated rings. The van der Waals surface area contributed by atoms with Gasteiger partial charge in [0.25, 0.3) is 10.0 Å². The summed E-state index contributed by atoms with van der Waals surface area (Å²) < 4.78 is 28.9. The van der Waals surface area contributed by atoms with E-state index in [9.17, 15) is 8.42 Å². The van der Waals surface area contributed by atoms with Gasteiger partial charge in [-0.05, 0) is 12.1 Å². The van der Waals surface area contributed by atoms with E-state index in [0.717, 1.165) is 11.3 Å². The molecule has 8 heteroatoms. The lowest BCUT2D eigenvalue weighted by atomic mass is 10.2. The van der Waals surface area contributed by atoms with Gasteiger partial charge in [0.2, 0.25) is 0 Å². The van der Waals surface area contributed by atoms with E-state index < -0.39 is 10.0 Å². The van der Waals surface area contributed by atoms with Crippen molar-refractivity contribution in [3.05, 3.63) is 60.3 Å². The molecule has 0 spiro atoms. The van der Waals surface area contributed by atoms with Gasteiger partial charge in [-0.25, -0.2) is 22.8 Å². The van der Waals surface area contributed by atoms with Gasteiger partial charge in [-0.15, -0.1) is 0 Å². The van der Waals surface area contributed by atoms with Crippen LogP contribution in [0.1, 0.15) is 31.2 Å². The predicted molar refractivity (Wildman–Crippen MR) is 90.3 cm³/mol. The molecule has 0 bridgehead atoms. The van der Waals surface area contributed by atoms with Crippen LogP contribution in [-0.4, -0.2) is 28.2 Å². The summed E-state index contributed by atoms with van der Waals surface area (Å²) in [6.07, 6.45) is 4.78. The van der Waals surface area contributed by atoms with Crippen LogP contribution < -0.4 is 4.72 Å². The number of hydrogen-bond donors (Lipinski definition) is 2. The molecule has 126 valence electrons. The van der Waals surface area contributed by atoms with Gasteiger partial charge in [-0.3, -0.25) is 0 Å². The Morgan fingerprint density at radius 3 is 2.62 bits per heavy atom. The summed E-state index contributed by atoms with van der Waals surface area (Å²) in [7, 11) is -3.63. The molecular formula is C16H19N5O2S. The molecule has 7 nitrogen and oxygen atoms in total. The quantitative estimate of drug-likeness (QED) is 0.716. The Kier molecular flexibility index (Phi) is 4.50. The van der Waals surface area contributed by atoms with Gasteiger partial charge >= 0.3 is 0 Å². The van der Waals surface area contributed by atoms with E-state index in [1.807, 2.05) is 44.2 Å². The molecule has 24 heavy (non-hydrogen) atoms. The van der Waals surface area contributed by atoms with Crippen molar-refractivity contribution in [1.82, 2.24) is 24.5 Å². The number of aromatic amines is 1. The SMILES string of the molecule is CC(C)c1ncc(S(=O)(=O)NCc2cnn(-c3ccccc3)c2)[nH]1. The van der Waals surface area contributed by atoms with Gasteiger partial charge < -0.3 is 4.98 Å². The lowest BCUT2D eigenvalue weighted by Crippen LogP contribution is -2.23. The van der Waals surface area contributed by atoms with Gasteiger partial charge in [-0.1, -0.05) is 32.0 Å². The summed E-state index contributed by atoms with van der Waals surface area (Å²) in [5, 5.41) is 4.32. The highest BCUT2D eigenvalue weighted by Crippen LogP contribution is 2.13. The maximum atomic E-state index is 12.3. The van der Waals surface area contributed by atoms with E-state index in [4.69, 9.17) is 0 Å². The first-order valence-electron chi connectivity index (χ1n) is 7.59. The molecule has 0 amide bonds. The zero-order valence-electron chi connectivity index (χ0n) is 13.5. The minimum absolute atomic E-state index is 0.0710. The van der Waals surface area contributed by atoms with E-state index in [-0.39, 0.29) is 17.5 Å². The van der Waals surface area contributed by atoms with Crippen molar-refractivity contribution in [3.8, 4) is 5.69 Å². The van der Waals surface area contributed by atoms with Crippen LogP contribution in [0.2, 0.25) is 0 Å². The van der Waals surface area contributed by atoms with E-state index in [0.29, 0.717) is 5.82 Å². The van der Waals surface area contributed by atoms with Crippen LogP contribution in [0.15, 0.2) is 53.9 Å². The summed E-state index contributed by atoms with van der Waals surface area (Å²) >= 11 is 0. The zero-order chi connectivity index (χ0) is 17.2. The van der Waals surface area contributed by atoms with Crippen molar-refractivity contribution >= 4 is 10.0 Å². The van der Waals surface area contributed by atoms with Crippen molar-refractivity contribution in [2.75, 3.05) is 0 Å². The summed E-state index contributed by atoms with van der Waals surface area (Å²) in [6, 6.07) is 9.63. The molecule has 2 N–H and O–H groups in total. The number of sulfonamides is 1. The minimum Gasteiger partial charge on any atom is -0.332 e. The zero-order valence-corrected chi connectivity index (χ0v) is 14.3. The van der Waals surface area contributed by atoms with Crippen molar-refractivity contribution in [1.29, 1.82) is 0 Å². The summed E-state index contributed by atoms with van der Waals surface area (Å²) in [6.45, 7) is 4.05. The first-order chi connectivity index (χ1) is 11.5. The van der Waals surface area contributed by atoms with E-state index in [1.54, 1.807) is 17.1 Å². The van der Waals surface area contributed by atoms with Gasteiger partial charge in [-0.2, -0.15) is 5.10 Å². The fourth-order valence-corrected chi connectivity index (χ4v) is 3.12. The normalized spacial score (nSPS) is 12.0. The van der Waals surface area contributed by atoms with Crippen LogP contribution in [0.5, 0.6) is 0 Å². The number of imidazole rings is 1. The summed E-state index contributed by atoms with van der Waals surface area (Å²) in [5.41, 5.74) is 1.69. The van der Waals surface area contributed by atoms with Crippen LogP contribution >= 0.6 is 0 Å². The topological polar surface area (TPSA) is 92.7 Å². The lowest BCUT2D eigenvalue weighted by molar-refractivity contribution is 0.577. The Morgan fingerprint density at radius 2 is 1.96 bits per heavy atom. The third kappa shape index (κ3) is 3.55.